The fourth-order valence-electron chi connectivity index (χ4n) is 2.21. The van der Waals surface area contributed by atoms with E-state index in [4.69, 9.17) is 5.73 Å². The van der Waals surface area contributed by atoms with E-state index in [1.165, 1.54) is 24.3 Å². The summed E-state index contributed by atoms with van der Waals surface area (Å²) in [6.07, 6.45) is 2.00. The largest absolute Gasteiger partial charge is 0.366 e. The van der Waals surface area contributed by atoms with Crippen LogP contribution in [-0.4, -0.2) is 14.3 Å². The molecule has 3 N–H and O–H groups in total. The molecule has 0 aromatic heterocycles. The lowest BCUT2D eigenvalue weighted by Gasteiger charge is -2.10. The van der Waals surface area contributed by atoms with E-state index >= 15 is 0 Å². The molecule has 128 valence electrons. The summed E-state index contributed by atoms with van der Waals surface area (Å²) >= 11 is 0. The molecular weight excluding hydrogens is 324 g/mol. The number of primary amides is 1. The van der Waals surface area contributed by atoms with Crippen LogP contribution in [0.1, 0.15) is 36.2 Å². The van der Waals surface area contributed by atoms with E-state index < -0.39 is 15.9 Å². The number of amides is 1. The van der Waals surface area contributed by atoms with Crippen molar-refractivity contribution in [1.29, 1.82) is 0 Å². The SMILES string of the molecule is CC(C)CCc1ccc(S(=O)(=O)Nc2ccc(C(N)=O)cc2)cc1. The zero-order valence-electron chi connectivity index (χ0n) is 13.8. The van der Waals surface area contributed by atoms with Gasteiger partial charge in [-0.2, -0.15) is 0 Å². The van der Waals surface area contributed by atoms with Gasteiger partial charge >= 0.3 is 0 Å². The highest BCUT2D eigenvalue weighted by Gasteiger charge is 2.14. The second kappa shape index (κ2) is 7.49. The fourth-order valence-corrected chi connectivity index (χ4v) is 3.27. The molecule has 1 amide bonds. The lowest BCUT2D eigenvalue weighted by atomic mass is 10.0. The minimum absolute atomic E-state index is 0.203. The first kappa shape index (κ1) is 18.0. The summed E-state index contributed by atoms with van der Waals surface area (Å²) in [6.45, 7) is 4.32. The van der Waals surface area contributed by atoms with Crippen molar-refractivity contribution in [2.24, 2.45) is 11.7 Å². The topological polar surface area (TPSA) is 89.3 Å². The first-order chi connectivity index (χ1) is 11.3. The van der Waals surface area contributed by atoms with Crippen LogP contribution in [0, 0.1) is 5.92 Å². The molecule has 0 spiro atoms. The Labute approximate surface area is 142 Å². The summed E-state index contributed by atoms with van der Waals surface area (Å²) in [7, 11) is -3.66. The maximum Gasteiger partial charge on any atom is 0.261 e. The summed E-state index contributed by atoms with van der Waals surface area (Å²) in [6, 6.07) is 12.9. The number of rotatable bonds is 7. The average molecular weight is 346 g/mol. The van der Waals surface area contributed by atoms with E-state index in [2.05, 4.69) is 18.6 Å². The van der Waals surface area contributed by atoms with Gasteiger partial charge in [-0.1, -0.05) is 26.0 Å². The molecular formula is C18H22N2O3S. The quantitative estimate of drug-likeness (QED) is 0.807. The molecule has 0 aliphatic heterocycles. The molecule has 0 saturated heterocycles. The lowest BCUT2D eigenvalue weighted by Crippen LogP contribution is -2.14. The highest BCUT2D eigenvalue weighted by atomic mass is 32.2. The number of aryl methyl sites for hydroxylation is 1. The van der Waals surface area contributed by atoms with Gasteiger partial charge in [-0.15, -0.1) is 0 Å². The molecule has 0 aliphatic carbocycles. The molecule has 24 heavy (non-hydrogen) atoms. The van der Waals surface area contributed by atoms with E-state index in [0.717, 1.165) is 18.4 Å². The van der Waals surface area contributed by atoms with Crippen molar-refractivity contribution in [3.05, 3.63) is 59.7 Å². The van der Waals surface area contributed by atoms with Crippen LogP contribution in [-0.2, 0) is 16.4 Å². The molecule has 5 nitrogen and oxygen atoms in total. The molecule has 0 aliphatic rings. The van der Waals surface area contributed by atoms with Gasteiger partial charge in [-0.25, -0.2) is 8.42 Å². The Balaban J connectivity index is 2.10. The second-order valence-electron chi connectivity index (χ2n) is 6.12. The zero-order valence-corrected chi connectivity index (χ0v) is 14.6. The summed E-state index contributed by atoms with van der Waals surface area (Å²) in [5.74, 6) is 0.0554. The number of nitrogens with one attached hydrogen (secondary N) is 1. The maximum atomic E-state index is 12.4. The molecule has 0 saturated carbocycles. The standard InChI is InChI=1S/C18H22N2O3S/c1-13(2)3-4-14-5-11-17(12-6-14)24(22,23)20-16-9-7-15(8-10-16)18(19)21/h5-13,20H,3-4H2,1-2H3,(H2,19,21). The van der Waals surface area contributed by atoms with E-state index in [1.807, 2.05) is 12.1 Å². The van der Waals surface area contributed by atoms with Gasteiger partial charge in [0, 0.05) is 11.3 Å². The molecule has 0 bridgehead atoms. The summed E-state index contributed by atoms with van der Waals surface area (Å²) in [4.78, 5) is 11.2. The molecule has 2 rings (SSSR count). The van der Waals surface area contributed by atoms with Crippen molar-refractivity contribution in [2.75, 3.05) is 4.72 Å². The first-order valence-corrected chi connectivity index (χ1v) is 9.28. The molecule has 2 aromatic rings. The van der Waals surface area contributed by atoms with Crippen molar-refractivity contribution < 1.29 is 13.2 Å². The van der Waals surface area contributed by atoms with Crippen molar-refractivity contribution >= 4 is 21.6 Å². The third-order valence-corrected chi connectivity index (χ3v) is 5.06. The predicted molar refractivity (Wildman–Crippen MR) is 95.4 cm³/mol. The van der Waals surface area contributed by atoms with Gasteiger partial charge in [0.05, 0.1) is 4.90 Å². The average Bonchev–Trinajstić information content (AvgIpc) is 2.53. The Hall–Kier alpha value is -2.34. The molecule has 0 fully saturated rings. The van der Waals surface area contributed by atoms with Gasteiger partial charge in [0.25, 0.3) is 10.0 Å². The van der Waals surface area contributed by atoms with Crippen LogP contribution in [0.15, 0.2) is 53.4 Å². The fraction of sp³-hybridized carbons (Fsp3) is 0.278. The van der Waals surface area contributed by atoms with E-state index in [9.17, 15) is 13.2 Å². The lowest BCUT2D eigenvalue weighted by molar-refractivity contribution is 0.100. The van der Waals surface area contributed by atoms with Gasteiger partial charge in [-0.05, 0) is 60.7 Å². The first-order valence-electron chi connectivity index (χ1n) is 7.79. The maximum absolute atomic E-state index is 12.4. The Morgan fingerprint density at radius 1 is 1.04 bits per heavy atom. The third-order valence-electron chi connectivity index (χ3n) is 3.67. The monoisotopic (exact) mass is 346 g/mol. The van der Waals surface area contributed by atoms with Crippen LogP contribution < -0.4 is 10.5 Å². The van der Waals surface area contributed by atoms with E-state index in [0.29, 0.717) is 17.2 Å². The number of hydrogen-bond acceptors (Lipinski definition) is 3. The van der Waals surface area contributed by atoms with Crippen molar-refractivity contribution in [3.8, 4) is 0 Å². The molecule has 0 unspecified atom stereocenters. The van der Waals surface area contributed by atoms with Gasteiger partial charge in [0.1, 0.15) is 0 Å². The minimum atomic E-state index is -3.66. The molecule has 0 radical (unpaired) electrons. The van der Waals surface area contributed by atoms with E-state index in [1.54, 1.807) is 12.1 Å². The number of anilines is 1. The highest BCUT2D eigenvalue weighted by molar-refractivity contribution is 7.92. The number of hydrogen-bond donors (Lipinski definition) is 2. The van der Waals surface area contributed by atoms with Crippen LogP contribution in [0.4, 0.5) is 5.69 Å². The van der Waals surface area contributed by atoms with Crippen LogP contribution >= 0.6 is 0 Å². The molecule has 2 aromatic carbocycles. The Bertz CT molecular complexity index is 795. The Kier molecular flexibility index (Phi) is 5.62. The zero-order chi connectivity index (χ0) is 17.7. The number of carbonyl (C=O) groups excluding carboxylic acids is 1. The number of sulfonamides is 1. The normalized spacial score (nSPS) is 11.5. The second-order valence-corrected chi connectivity index (χ2v) is 7.81. The summed E-state index contributed by atoms with van der Waals surface area (Å²) in [5.41, 5.74) is 6.99. The third kappa shape index (κ3) is 4.83. The molecule has 0 heterocycles. The van der Waals surface area contributed by atoms with Crippen LogP contribution in [0.3, 0.4) is 0 Å². The molecule has 0 atom stereocenters. The van der Waals surface area contributed by atoms with Gasteiger partial charge < -0.3 is 5.73 Å². The van der Waals surface area contributed by atoms with Crippen LogP contribution in [0.25, 0.3) is 0 Å². The van der Waals surface area contributed by atoms with Crippen LogP contribution in [0.5, 0.6) is 0 Å². The van der Waals surface area contributed by atoms with Crippen molar-refractivity contribution in [1.82, 2.24) is 0 Å². The Morgan fingerprint density at radius 2 is 1.62 bits per heavy atom. The predicted octanol–water partition coefficient (Wildman–Crippen LogP) is 3.17. The summed E-state index contributed by atoms with van der Waals surface area (Å²) < 4.78 is 27.3. The van der Waals surface area contributed by atoms with Gasteiger partial charge in [-0.3, -0.25) is 9.52 Å². The smallest absolute Gasteiger partial charge is 0.261 e. The summed E-state index contributed by atoms with van der Waals surface area (Å²) in [5, 5.41) is 0. The number of nitrogens with two attached hydrogens (primary N) is 1. The number of carbonyl (C=O) groups is 1. The van der Waals surface area contributed by atoms with Crippen molar-refractivity contribution in [2.45, 2.75) is 31.6 Å². The highest BCUT2D eigenvalue weighted by Crippen LogP contribution is 2.18. The van der Waals surface area contributed by atoms with Gasteiger partial charge in [0.15, 0.2) is 0 Å². The van der Waals surface area contributed by atoms with Crippen molar-refractivity contribution in [3.63, 3.8) is 0 Å². The van der Waals surface area contributed by atoms with Crippen LogP contribution in [0.2, 0.25) is 0 Å². The number of benzene rings is 2. The Morgan fingerprint density at radius 3 is 2.12 bits per heavy atom. The minimum Gasteiger partial charge on any atom is -0.366 e. The van der Waals surface area contributed by atoms with Gasteiger partial charge in [0.2, 0.25) is 5.91 Å². The van der Waals surface area contributed by atoms with E-state index in [-0.39, 0.29) is 4.90 Å². The molecule has 6 heteroatoms.